The highest BCUT2D eigenvalue weighted by molar-refractivity contribution is 6.04. The van der Waals surface area contributed by atoms with Crippen LogP contribution < -0.4 is 0 Å². The van der Waals surface area contributed by atoms with Gasteiger partial charge >= 0.3 is 5.97 Å². The molecule has 0 saturated heterocycles. The summed E-state index contributed by atoms with van der Waals surface area (Å²) in [5.41, 5.74) is -0.778. The second-order valence-corrected chi connectivity index (χ2v) is 5.43. The van der Waals surface area contributed by atoms with E-state index in [0.717, 1.165) is 19.3 Å². The van der Waals surface area contributed by atoms with Crippen LogP contribution in [0, 0.1) is 11.3 Å². The number of hydrogen-bond acceptors (Lipinski definition) is 3. The third kappa shape index (κ3) is 2.38. The Balaban J connectivity index is 2.13. The van der Waals surface area contributed by atoms with E-state index in [1.807, 2.05) is 6.92 Å². The molecule has 2 aliphatic rings. The predicted molar refractivity (Wildman–Crippen MR) is 64.5 cm³/mol. The number of Topliss-reactive ketones (excluding diaryl/α,β-unsaturated/α-hetero) is 1. The molecule has 0 aromatic carbocycles. The Morgan fingerprint density at radius 1 is 1.35 bits per heavy atom. The van der Waals surface area contributed by atoms with Crippen LogP contribution in [0.3, 0.4) is 0 Å². The van der Waals surface area contributed by atoms with Crippen LogP contribution in [0.15, 0.2) is 0 Å². The van der Waals surface area contributed by atoms with E-state index in [0.29, 0.717) is 25.4 Å². The smallest absolute Gasteiger partial charge is 0.319 e. The summed E-state index contributed by atoms with van der Waals surface area (Å²) in [5.74, 6) is 0.451. The maximum absolute atomic E-state index is 12.2. The van der Waals surface area contributed by atoms with Crippen LogP contribution in [0.2, 0.25) is 0 Å². The van der Waals surface area contributed by atoms with Gasteiger partial charge in [-0.2, -0.15) is 0 Å². The molecule has 0 radical (unpaired) electrons. The first-order valence-electron chi connectivity index (χ1n) is 6.89. The lowest BCUT2D eigenvalue weighted by Crippen LogP contribution is -2.45. The van der Waals surface area contributed by atoms with Crippen LogP contribution in [0.1, 0.15) is 58.3 Å². The minimum absolute atomic E-state index is 0.133. The van der Waals surface area contributed by atoms with Crippen molar-refractivity contribution in [3.63, 3.8) is 0 Å². The van der Waals surface area contributed by atoms with Crippen LogP contribution in [0.5, 0.6) is 0 Å². The summed E-state index contributed by atoms with van der Waals surface area (Å²) in [6.45, 7) is 2.18. The van der Waals surface area contributed by atoms with Crippen molar-refractivity contribution in [1.82, 2.24) is 0 Å². The average Bonchev–Trinajstić information content (AvgIpc) is 2.26. The second-order valence-electron chi connectivity index (χ2n) is 5.43. The maximum atomic E-state index is 12.2. The van der Waals surface area contributed by atoms with Gasteiger partial charge in [0.1, 0.15) is 11.2 Å². The normalized spacial score (nSPS) is 29.8. The first-order chi connectivity index (χ1) is 8.19. The maximum Gasteiger partial charge on any atom is 0.319 e. The molecule has 3 heteroatoms. The first-order valence-corrected chi connectivity index (χ1v) is 6.89. The summed E-state index contributed by atoms with van der Waals surface area (Å²) in [5, 5.41) is 0. The summed E-state index contributed by atoms with van der Waals surface area (Å²) < 4.78 is 5.16. The van der Waals surface area contributed by atoms with Crippen molar-refractivity contribution in [2.45, 2.75) is 58.3 Å². The van der Waals surface area contributed by atoms with Gasteiger partial charge in [-0.05, 0) is 32.1 Å². The Hall–Kier alpha value is -0.860. The topological polar surface area (TPSA) is 43.4 Å². The van der Waals surface area contributed by atoms with Gasteiger partial charge in [-0.15, -0.1) is 0 Å². The third-order valence-corrected chi connectivity index (χ3v) is 4.32. The fourth-order valence-electron chi connectivity index (χ4n) is 3.07. The standard InChI is InChI=1S/C14H22O3/c1-2-17-13(16)14(10-11-6-5-7-11)9-4-3-8-12(14)15/h11H,2-10H2,1H3. The highest BCUT2D eigenvalue weighted by Crippen LogP contribution is 2.44. The predicted octanol–water partition coefficient (Wildman–Crippen LogP) is 2.87. The van der Waals surface area contributed by atoms with E-state index >= 15 is 0 Å². The van der Waals surface area contributed by atoms with Gasteiger partial charge in [-0.1, -0.05) is 25.7 Å². The van der Waals surface area contributed by atoms with Crippen molar-refractivity contribution in [2.75, 3.05) is 6.61 Å². The lowest BCUT2D eigenvalue weighted by molar-refractivity contribution is -0.164. The van der Waals surface area contributed by atoms with E-state index in [1.54, 1.807) is 0 Å². The molecule has 0 amide bonds. The Bertz CT molecular complexity index is 307. The van der Waals surface area contributed by atoms with Crippen molar-refractivity contribution in [3.8, 4) is 0 Å². The van der Waals surface area contributed by atoms with E-state index in [1.165, 1.54) is 19.3 Å². The second kappa shape index (κ2) is 5.19. The number of rotatable bonds is 4. The lowest BCUT2D eigenvalue weighted by atomic mass is 9.64. The number of esters is 1. The molecule has 17 heavy (non-hydrogen) atoms. The van der Waals surface area contributed by atoms with Gasteiger partial charge in [0.15, 0.2) is 0 Å². The minimum Gasteiger partial charge on any atom is -0.465 e. The number of carbonyl (C=O) groups excluding carboxylic acids is 2. The Morgan fingerprint density at radius 2 is 2.12 bits per heavy atom. The monoisotopic (exact) mass is 238 g/mol. The Labute approximate surface area is 103 Å². The van der Waals surface area contributed by atoms with Crippen LogP contribution in [-0.2, 0) is 14.3 Å². The van der Waals surface area contributed by atoms with Crippen molar-refractivity contribution in [2.24, 2.45) is 11.3 Å². The van der Waals surface area contributed by atoms with Gasteiger partial charge in [0.05, 0.1) is 6.61 Å². The molecule has 2 aliphatic carbocycles. The van der Waals surface area contributed by atoms with Crippen molar-refractivity contribution >= 4 is 11.8 Å². The Kier molecular flexibility index (Phi) is 3.85. The molecule has 2 rings (SSSR count). The van der Waals surface area contributed by atoms with Crippen LogP contribution in [0.4, 0.5) is 0 Å². The molecule has 2 saturated carbocycles. The lowest BCUT2D eigenvalue weighted by Gasteiger charge is -2.38. The van der Waals surface area contributed by atoms with Gasteiger partial charge in [0.25, 0.3) is 0 Å². The zero-order valence-corrected chi connectivity index (χ0v) is 10.7. The van der Waals surface area contributed by atoms with Gasteiger partial charge < -0.3 is 4.74 Å². The van der Waals surface area contributed by atoms with Gasteiger partial charge in [-0.25, -0.2) is 0 Å². The molecule has 0 heterocycles. The summed E-state index contributed by atoms with van der Waals surface area (Å²) >= 11 is 0. The molecule has 0 N–H and O–H groups in total. The molecule has 0 aromatic heterocycles. The fourth-order valence-corrected chi connectivity index (χ4v) is 3.07. The molecule has 3 nitrogen and oxygen atoms in total. The molecular weight excluding hydrogens is 216 g/mol. The minimum atomic E-state index is -0.778. The summed E-state index contributed by atoms with van der Waals surface area (Å²) in [7, 11) is 0. The fraction of sp³-hybridized carbons (Fsp3) is 0.857. The molecule has 0 bridgehead atoms. The molecule has 0 aliphatic heterocycles. The molecule has 0 aromatic rings. The molecule has 2 fully saturated rings. The van der Waals surface area contributed by atoms with Gasteiger partial charge in [0, 0.05) is 6.42 Å². The number of ketones is 1. The number of ether oxygens (including phenoxy) is 1. The zero-order chi connectivity index (χ0) is 12.3. The van der Waals surface area contributed by atoms with Crippen molar-refractivity contribution < 1.29 is 14.3 Å². The molecular formula is C14H22O3. The molecule has 1 atom stereocenters. The van der Waals surface area contributed by atoms with Crippen LogP contribution in [-0.4, -0.2) is 18.4 Å². The highest BCUT2D eigenvalue weighted by atomic mass is 16.5. The Morgan fingerprint density at radius 3 is 2.65 bits per heavy atom. The molecule has 0 spiro atoms. The highest BCUT2D eigenvalue weighted by Gasteiger charge is 2.49. The van der Waals surface area contributed by atoms with Crippen LogP contribution >= 0.6 is 0 Å². The van der Waals surface area contributed by atoms with E-state index in [9.17, 15) is 9.59 Å². The van der Waals surface area contributed by atoms with E-state index in [2.05, 4.69) is 0 Å². The number of carbonyl (C=O) groups is 2. The van der Waals surface area contributed by atoms with Crippen LogP contribution in [0.25, 0.3) is 0 Å². The molecule has 1 unspecified atom stereocenters. The average molecular weight is 238 g/mol. The van der Waals surface area contributed by atoms with Gasteiger partial charge in [-0.3, -0.25) is 9.59 Å². The summed E-state index contributed by atoms with van der Waals surface area (Å²) in [6.07, 6.45) is 7.53. The first kappa shape index (κ1) is 12.6. The van der Waals surface area contributed by atoms with E-state index < -0.39 is 5.41 Å². The summed E-state index contributed by atoms with van der Waals surface area (Å²) in [6, 6.07) is 0. The third-order valence-electron chi connectivity index (χ3n) is 4.32. The van der Waals surface area contributed by atoms with E-state index in [4.69, 9.17) is 4.74 Å². The summed E-state index contributed by atoms with van der Waals surface area (Å²) in [4.78, 5) is 24.4. The SMILES string of the molecule is CCOC(=O)C1(CC2CCC2)CCCCC1=O. The van der Waals surface area contributed by atoms with Crippen molar-refractivity contribution in [3.05, 3.63) is 0 Å². The molecule has 96 valence electrons. The number of hydrogen-bond donors (Lipinski definition) is 0. The largest absolute Gasteiger partial charge is 0.465 e. The quantitative estimate of drug-likeness (QED) is 0.558. The van der Waals surface area contributed by atoms with Gasteiger partial charge in [0.2, 0.25) is 0 Å². The zero-order valence-electron chi connectivity index (χ0n) is 10.7. The van der Waals surface area contributed by atoms with Crippen molar-refractivity contribution in [1.29, 1.82) is 0 Å². The van der Waals surface area contributed by atoms with E-state index in [-0.39, 0.29) is 11.8 Å².